The number of hydrogen-bond donors (Lipinski definition) is 0. The quantitative estimate of drug-likeness (QED) is 0.598. The summed E-state index contributed by atoms with van der Waals surface area (Å²) in [5.41, 5.74) is 3.85. The predicted octanol–water partition coefficient (Wildman–Crippen LogP) is 4.85. The van der Waals surface area contributed by atoms with Gasteiger partial charge in [0.2, 0.25) is 0 Å². The molecule has 0 saturated carbocycles. The van der Waals surface area contributed by atoms with Crippen molar-refractivity contribution in [3.05, 3.63) is 108 Å². The molecule has 156 valence electrons. The van der Waals surface area contributed by atoms with Crippen LogP contribution < -0.4 is 0 Å². The zero-order valence-corrected chi connectivity index (χ0v) is 17.7. The number of ether oxygens (including phenoxy) is 1. The summed E-state index contributed by atoms with van der Waals surface area (Å²) in [5.74, 6) is 0. The van der Waals surface area contributed by atoms with Gasteiger partial charge >= 0.3 is 0 Å². The highest BCUT2D eigenvalue weighted by atomic mass is 16.5. The third kappa shape index (κ3) is 6.02. The van der Waals surface area contributed by atoms with Crippen LogP contribution in [0.1, 0.15) is 23.7 Å². The molecular formula is C27H32N2O. The lowest BCUT2D eigenvalue weighted by Gasteiger charge is -2.34. The van der Waals surface area contributed by atoms with E-state index in [1.165, 1.54) is 16.7 Å². The second kappa shape index (κ2) is 11.1. The van der Waals surface area contributed by atoms with Gasteiger partial charge in [0, 0.05) is 39.3 Å². The molecule has 0 radical (unpaired) electrons. The molecular weight excluding hydrogens is 368 g/mol. The Labute approximate surface area is 181 Å². The number of benzene rings is 2. The maximum atomic E-state index is 6.39. The van der Waals surface area contributed by atoms with Crippen molar-refractivity contribution in [3.8, 4) is 0 Å². The molecule has 4 rings (SSSR count). The largest absolute Gasteiger partial charge is 0.367 e. The molecule has 1 heterocycles. The number of nitrogens with zero attached hydrogens (tertiary/aromatic N) is 2. The van der Waals surface area contributed by atoms with E-state index in [9.17, 15) is 0 Å². The summed E-state index contributed by atoms with van der Waals surface area (Å²) in [7, 11) is 0. The van der Waals surface area contributed by atoms with Crippen molar-refractivity contribution in [1.82, 2.24) is 9.80 Å². The number of allylic oxidation sites excluding steroid dienone is 5. The molecule has 2 aromatic carbocycles. The van der Waals surface area contributed by atoms with Crippen molar-refractivity contribution in [3.63, 3.8) is 0 Å². The van der Waals surface area contributed by atoms with Crippen LogP contribution in [0.2, 0.25) is 0 Å². The van der Waals surface area contributed by atoms with Crippen LogP contribution in [0, 0.1) is 0 Å². The molecule has 1 aliphatic carbocycles. The molecule has 0 atom stereocenters. The van der Waals surface area contributed by atoms with E-state index in [2.05, 4.69) is 101 Å². The van der Waals surface area contributed by atoms with Gasteiger partial charge in [-0.15, -0.1) is 0 Å². The van der Waals surface area contributed by atoms with Crippen molar-refractivity contribution in [2.75, 3.05) is 45.9 Å². The minimum absolute atomic E-state index is 0.00166. The van der Waals surface area contributed by atoms with Crippen LogP contribution in [-0.4, -0.2) is 55.7 Å². The van der Waals surface area contributed by atoms with Crippen molar-refractivity contribution in [1.29, 1.82) is 0 Å². The van der Waals surface area contributed by atoms with Gasteiger partial charge in [-0.1, -0.05) is 91.0 Å². The Morgan fingerprint density at radius 2 is 1.47 bits per heavy atom. The molecule has 2 aliphatic rings. The fraction of sp³-hybridized carbons (Fsp3) is 0.333. The van der Waals surface area contributed by atoms with Gasteiger partial charge in [0.25, 0.3) is 0 Å². The Kier molecular flexibility index (Phi) is 7.68. The summed E-state index contributed by atoms with van der Waals surface area (Å²) in [6.07, 6.45) is 12.2. The van der Waals surface area contributed by atoms with E-state index in [1.807, 2.05) is 0 Å². The van der Waals surface area contributed by atoms with Gasteiger partial charge in [-0.2, -0.15) is 0 Å². The highest BCUT2D eigenvalue weighted by molar-refractivity contribution is 5.32. The zero-order chi connectivity index (χ0) is 20.4. The van der Waals surface area contributed by atoms with Crippen LogP contribution in [0.15, 0.2) is 96.6 Å². The lowest BCUT2D eigenvalue weighted by molar-refractivity contribution is 0.0467. The van der Waals surface area contributed by atoms with Gasteiger partial charge in [0.05, 0.1) is 6.61 Å². The van der Waals surface area contributed by atoms with Crippen LogP contribution in [0.4, 0.5) is 0 Å². The first-order valence-electron chi connectivity index (χ1n) is 11.1. The molecule has 0 amide bonds. The Balaban J connectivity index is 1.22. The van der Waals surface area contributed by atoms with Gasteiger partial charge in [0.15, 0.2) is 0 Å². The van der Waals surface area contributed by atoms with E-state index in [1.54, 1.807) is 0 Å². The summed E-state index contributed by atoms with van der Waals surface area (Å²) >= 11 is 0. The topological polar surface area (TPSA) is 15.7 Å². The van der Waals surface area contributed by atoms with E-state index >= 15 is 0 Å². The average Bonchev–Trinajstić information content (AvgIpc) is 3.32. The predicted molar refractivity (Wildman–Crippen MR) is 125 cm³/mol. The Hall–Kier alpha value is -2.46. The van der Waals surface area contributed by atoms with Crippen LogP contribution >= 0.6 is 0 Å². The Morgan fingerprint density at radius 1 is 0.833 bits per heavy atom. The smallest absolute Gasteiger partial charge is 0.108 e. The van der Waals surface area contributed by atoms with Crippen LogP contribution in [0.5, 0.6) is 0 Å². The molecule has 0 aromatic heterocycles. The Bertz CT molecular complexity index is 809. The SMILES string of the molecule is C1=CCC(/C=C/CN2CCN(CCOC(c3ccccc3)c3ccccc3)CC2)=C1. The molecule has 30 heavy (non-hydrogen) atoms. The monoisotopic (exact) mass is 400 g/mol. The highest BCUT2D eigenvalue weighted by Crippen LogP contribution is 2.25. The van der Waals surface area contributed by atoms with Gasteiger partial charge in [0.1, 0.15) is 6.10 Å². The average molecular weight is 401 g/mol. The molecule has 0 N–H and O–H groups in total. The Morgan fingerprint density at radius 3 is 2.07 bits per heavy atom. The molecule has 0 unspecified atom stereocenters. The van der Waals surface area contributed by atoms with Crippen molar-refractivity contribution >= 4 is 0 Å². The first-order chi connectivity index (χ1) is 14.9. The number of piperazine rings is 1. The third-order valence-corrected chi connectivity index (χ3v) is 5.86. The van der Waals surface area contributed by atoms with Crippen LogP contribution in [0.3, 0.4) is 0 Å². The fourth-order valence-corrected chi connectivity index (χ4v) is 4.08. The van der Waals surface area contributed by atoms with E-state index < -0.39 is 0 Å². The fourth-order valence-electron chi connectivity index (χ4n) is 4.08. The lowest BCUT2D eigenvalue weighted by Crippen LogP contribution is -2.47. The van der Waals surface area contributed by atoms with Gasteiger partial charge in [-0.3, -0.25) is 9.80 Å². The van der Waals surface area contributed by atoms with Crippen molar-refractivity contribution in [2.45, 2.75) is 12.5 Å². The molecule has 1 aliphatic heterocycles. The standard InChI is InChI=1S/C27H32N2O/c1-3-13-25(14-4-1)27(26-15-5-2-6-16-26)30-23-22-29-20-18-28(19-21-29)17-9-12-24-10-7-8-11-24/h1-10,12-16,27H,11,17-23H2/b12-9+. The molecule has 3 heteroatoms. The van der Waals surface area contributed by atoms with Crippen LogP contribution in [0.25, 0.3) is 0 Å². The van der Waals surface area contributed by atoms with Gasteiger partial charge in [-0.05, 0) is 23.1 Å². The summed E-state index contributed by atoms with van der Waals surface area (Å²) in [4.78, 5) is 5.06. The summed E-state index contributed by atoms with van der Waals surface area (Å²) < 4.78 is 6.39. The minimum Gasteiger partial charge on any atom is -0.367 e. The molecule has 1 fully saturated rings. The second-order valence-electron chi connectivity index (χ2n) is 7.99. The lowest BCUT2D eigenvalue weighted by atomic mass is 10.0. The maximum absolute atomic E-state index is 6.39. The van der Waals surface area contributed by atoms with Gasteiger partial charge < -0.3 is 4.74 Å². The van der Waals surface area contributed by atoms with E-state index in [0.29, 0.717) is 0 Å². The zero-order valence-electron chi connectivity index (χ0n) is 17.7. The van der Waals surface area contributed by atoms with Gasteiger partial charge in [-0.25, -0.2) is 0 Å². The summed E-state index contributed by atoms with van der Waals surface area (Å²) in [6, 6.07) is 21.1. The highest BCUT2D eigenvalue weighted by Gasteiger charge is 2.18. The summed E-state index contributed by atoms with van der Waals surface area (Å²) in [5, 5.41) is 0. The second-order valence-corrected chi connectivity index (χ2v) is 7.99. The van der Waals surface area contributed by atoms with Crippen molar-refractivity contribution in [2.24, 2.45) is 0 Å². The third-order valence-electron chi connectivity index (χ3n) is 5.86. The van der Waals surface area contributed by atoms with E-state index in [-0.39, 0.29) is 6.10 Å². The molecule has 2 aromatic rings. The van der Waals surface area contributed by atoms with E-state index in [4.69, 9.17) is 4.74 Å². The normalized spacial score (nSPS) is 17.8. The first-order valence-corrected chi connectivity index (χ1v) is 11.1. The van der Waals surface area contributed by atoms with Crippen LogP contribution in [-0.2, 0) is 4.74 Å². The maximum Gasteiger partial charge on any atom is 0.108 e. The number of hydrogen-bond acceptors (Lipinski definition) is 3. The molecule has 0 bridgehead atoms. The first kappa shape index (κ1) is 20.8. The van der Waals surface area contributed by atoms with Crippen molar-refractivity contribution < 1.29 is 4.74 Å². The minimum atomic E-state index is -0.00166. The molecule has 0 spiro atoms. The summed E-state index contributed by atoms with van der Waals surface area (Å²) in [6.45, 7) is 7.26. The molecule has 1 saturated heterocycles. The number of rotatable bonds is 9. The molecule has 3 nitrogen and oxygen atoms in total. The van der Waals surface area contributed by atoms with E-state index in [0.717, 1.165) is 52.3 Å².